The molecule has 4 rings (SSSR count). The molecule has 0 unspecified atom stereocenters. The Labute approximate surface area is 168 Å². The molecule has 1 aliphatic rings. The molecule has 9 nitrogen and oxygen atoms in total. The van der Waals surface area contributed by atoms with Crippen molar-refractivity contribution in [1.29, 1.82) is 0 Å². The quantitative estimate of drug-likeness (QED) is 0.682. The van der Waals surface area contributed by atoms with E-state index in [9.17, 15) is 4.79 Å². The van der Waals surface area contributed by atoms with E-state index in [0.29, 0.717) is 17.3 Å². The first-order valence-corrected chi connectivity index (χ1v) is 9.45. The first-order chi connectivity index (χ1) is 14.1. The van der Waals surface area contributed by atoms with Gasteiger partial charge in [-0.1, -0.05) is 5.16 Å². The van der Waals surface area contributed by atoms with Gasteiger partial charge in [-0.05, 0) is 44.3 Å². The number of rotatable bonds is 5. The number of aryl methyl sites for hydroxylation is 1. The fraction of sp³-hybridized carbons (Fsp3) is 0.300. The lowest BCUT2D eigenvalue weighted by atomic mass is 10.2. The van der Waals surface area contributed by atoms with Crippen LogP contribution in [0.5, 0.6) is 0 Å². The van der Waals surface area contributed by atoms with Gasteiger partial charge < -0.3 is 25.0 Å². The molecule has 0 bridgehead atoms. The molecule has 29 heavy (non-hydrogen) atoms. The number of hydrogen-bond donors (Lipinski definition) is 2. The zero-order chi connectivity index (χ0) is 20.2. The van der Waals surface area contributed by atoms with Gasteiger partial charge in [-0.15, -0.1) is 0 Å². The van der Waals surface area contributed by atoms with E-state index in [1.807, 2.05) is 24.3 Å². The number of amides is 1. The number of nitrogens with zero attached hydrogens (tertiary/aromatic N) is 5. The summed E-state index contributed by atoms with van der Waals surface area (Å²) >= 11 is 0. The zero-order valence-electron chi connectivity index (χ0n) is 16.4. The summed E-state index contributed by atoms with van der Waals surface area (Å²) in [5.74, 6) is 1.12. The van der Waals surface area contributed by atoms with Gasteiger partial charge >= 0.3 is 0 Å². The van der Waals surface area contributed by atoms with E-state index in [1.165, 1.54) is 6.20 Å². The van der Waals surface area contributed by atoms with Crippen LogP contribution in [0.4, 0.5) is 23.1 Å². The molecular formula is C20H23N7O2. The van der Waals surface area contributed by atoms with E-state index in [1.54, 1.807) is 19.1 Å². The van der Waals surface area contributed by atoms with Crippen LogP contribution in [-0.2, 0) is 0 Å². The summed E-state index contributed by atoms with van der Waals surface area (Å²) in [6.45, 7) is 5.90. The van der Waals surface area contributed by atoms with Crippen molar-refractivity contribution >= 4 is 29.0 Å². The summed E-state index contributed by atoms with van der Waals surface area (Å²) in [6.07, 6.45) is 1.52. The van der Waals surface area contributed by atoms with Crippen LogP contribution in [0, 0.1) is 6.92 Å². The molecule has 0 atom stereocenters. The highest BCUT2D eigenvalue weighted by molar-refractivity contribution is 6.03. The van der Waals surface area contributed by atoms with Crippen LogP contribution >= 0.6 is 0 Å². The molecule has 1 fully saturated rings. The fourth-order valence-electron chi connectivity index (χ4n) is 3.10. The van der Waals surface area contributed by atoms with Gasteiger partial charge in [-0.3, -0.25) is 4.79 Å². The molecule has 2 aromatic heterocycles. The topological polar surface area (TPSA) is 99.4 Å². The Bertz CT molecular complexity index is 979. The van der Waals surface area contributed by atoms with Crippen molar-refractivity contribution in [2.75, 3.05) is 48.8 Å². The minimum absolute atomic E-state index is 0.255. The van der Waals surface area contributed by atoms with Gasteiger partial charge in [-0.25, -0.2) is 9.97 Å². The van der Waals surface area contributed by atoms with Crippen LogP contribution in [0.15, 0.2) is 47.1 Å². The summed E-state index contributed by atoms with van der Waals surface area (Å²) in [5.41, 5.74) is 2.13. The molecule has 1 aromatic carbocycles. The van der Waals surface area contributed by atoms with Crippen molar-refractivity contribution in [2.45, 2.75) is 6.92 Å². The maximum absolute atomic E-state index is 12.6. The highest BCUT2D eigenvalue weighted by atomic mass is 16.5. The highest BCUT2D eigenvalue weighted by Gasteiger charge is 2.15. The van der Waals surface area contributed by atoms with Crippen LogP contribution < -0.4 is 15.5 Å². The van der Waals surface area contributed by atoms with E-state index < -0.39 is 0 Å². The van der Waals surface area contributed by atoms with Gasteiger partial charge in [0.05, 0.1) is 0 Å². The van der Waals surface area contributed by atoms with Crippen LogP contribution in [0.3, 0.4) is 0 Å². The fourth-order valence-corrected chi connectivity index (χ4v) is 3.10. The highest BCUT2D eigenvalue weighted by Crippen LogP contribution is 2.20. The number of benzene rings is 1. The standard InChI is InChI=1S/C20H23N7O2/c1-14-13-18(25-29-14)24-20-21-8-7-17(23-20)19(28)22-15-3-5-16(6-4-15)27-11-9-26(2)10-12-27/h3-8,13H,9-12H2,1-2H3,(H,22,28)(H,21,23,24,25). The molecule has 0 spiro atoms. The Morgan fingerprint density at radius 1 is 1.10 bits per heavy atom. The number of likely N-dealkylation sites (N-methyl/N-ethyl adjacent to an activating group) is 1. The third kappa shape index (κ3) is 4.69. The third-order valence-electron chi connectivity index (χ3n) is 4.75. The van der Waals surface area contributed by atoms with Crippen molar-refractivity contribution in [3.63, 3.8) is 0 Å². The molecule has 150 valence electrons. The maximum Gasteiger partial charge on any atom is 0.274 e. The molecule has 0 saturated carbocycles. The lowest BCUT2D eigenvalue weighted by Crippen LogP contribution is -2.44. The molecule has 3 aromatic rings. The second kappa shape index (κ2) is 8.27. The van der Waals surface area contributed by atoms with E-state index >= 15 is 0 Å². The largest absolute Gasteiger partial charge is 0.369 e. The lowest BCUT2D eigenvalue weighted by molar-refractivity contribution is 0.102. The second-order valence-electron chi connectivity index (χ2n) is 7.00. The zero-order valence-corrected chi connectivity index (χ0v) is 16.4. The second-order valence-corrected chi connectivity index (χ2v) is 7.00. The van der Waals surface area contributed by atoms with E-state index in [0.717, 1.165) is 31.9 Å². The SMILES string of the molecule is Cc1cc(Nc2nccc(C(=O)Nc3ccc(N4CCN(C)CC4)cc3)n2)no1. The van der Waals surface area contributed by atoms with E-state index in [2.05, 4.69) is 42.6 Å². The lowest BCUT2D eigenvalue weighted by Gasteiger charge is -2.34. The number of carbonyl (C=O) groups excluding carboxylic acids is 1. The van der Waals surface area contributed by atoms with E-state index in [-0.39, 0.29) is 17.5 Å². The molecular weight excluding hydrogens is 370 g/mol. The number of hydrogen-bond acceptors (Lipinski definition) is 8. The molecule has 2 N–H and O–H groups in total. The molecule has 1 amide bonds. The van der Waals surface area contributed by atoms with Crippen LogP contribution in [-0.4, -0.2) is 59.2 Å². The number of anilines is 4. The Hall–Kier alpha value is -3.46. The molecule has 9 heteroatoms. The Balaban J connectivity index is 1.39. The average molecular weight is 393 g/mol. The van der Waals surface area contributed by atoms with Gasteiger partial charge in [0, 0.05) is 49.8 Å². The first kappa shape index (κ1) is 18.9. The minimum atomic E-state index is -0.306. The summed E-state index contributed by atoms with van der Waals surface area (Å²) in [6, 6.07) is 11.2. The number of nitrogens with one attached hydrogen (secondary N) is 2. The molecule has 1 saturated heterocycles. The molecule has 1 aliphatic heterocycles. The third-order valence-corrected chi connectivity index (χ3v) is 4.75. The van der Waals surface area contributed by atoms with Crippen LogP contribution in [0.2, 0.25) is 0 Å². The van der Waals surface area contributed by atoms with Gasteiger partial charge in [-0.2, -0.15) is 0 Å². The number of carbonyl (C=O) groups is 1. The van der Waals surface area contributed by atoms with Crippen LogP contribution in [0.1, 0.15) is 16.2 Å². The molecule has 3 heterocycles. The average Bonchev–Trinajstić information content (AvgIpc) is 3.14. The Morgan fingerprint density at radius 3 is 2.55 bits per heavy atom. The summed E-state index contributed by atoms with van der Waals surface area (Å²) in [4.78, 5) is 25.6. The maximum atomic E-state index is 12.6. The van der Waals surface area contributed by atoms with Gasteiger partial charge in [0.15, 0.2) is 5.82 Å². The molecule has 0 radical (unpaired) electrons. The van der Waals surface area contributed by atoms with Crippen molar-refractivity contribution in [3.05, 3.63) is 54.0 Å². The normalized spacial score (nSPS) is 14.6. The van der Waals surface area contributed by atoms with Gasteiger partial charge in [0.1, 0.15) is 11.5 Å². The predicted octanol–water partition coefficient (Wildman–Crippen LogP) is 2.52. The summed E-state index contributed by atoms with van der Waals surface area (Å²) < 4.78 is 5.00. The van der Waals surface area contributed by atoms with Gasteiger partial charge in [0.2, 0.25) is 5.95 Å². The summed E-state index contributed by atoms with van der Waals surface area (Å²) in [5, 5.41) is 9.62. The Kier molecular flexibility index (Phi) is 5.39. The number of aromatic nitrogens is 3. The number of piperazine rings is 1. The van der Waals surface area contributed by atoms with Crippen molar-refractivity contribution < 1.29 is 9.32 Å². The monoisotopic (exact) mass is 393 g/mol. The van der Waals surface area contributed by atoms with Crippen molar-refractivity contribution in [2.24, 2.45) is 0 Å². The first-order valence-electron chi connectivity index (χ1n) is 9.45. The smallest absolute Gasteiger partial charge is 0.274 e. The Morgan fingerprint density at radius 2 is 1.86 bits per heavy atom. The minimum Gasteiger partial charge on any atom is -0.369 e. The van der Waals surface area contributed by atoms with E-state index in [4.69, 9.17) is 4.52 Å². The van der Waals surface area contributed by atoms with Crippen LogP contribution in [0.25, 0.3) is 0 Å². The van der Waals surface area contributed by atoms with Crippen molar-refractivity contribution in [1.82, 2.24) is 20.0 Å². The van der Waals surface area contributed by atoms with Crippen molar-refractivity contribution in [3.8, 4) is 0 Å². The molecule has 0 aliphatic carbocycles. The predicted molar refractivity (Wildman–Crippen MR) is 111 cm³/mol. The van der Waals surface area contributed by atoms with Gasteiger partial charge in [0.25, 0.3) is 5.91 Å². The summed E-state index contributed by atoms with van der Waals surface area (Å²) in [7, 11) is 2.14.